The molecule has 1 N–H and O–H groups in total. The summed E-state index contributed by atoms with van der Waals surface area (Å²) >= 11 is 0. The summed E-state index contributed by atoms with van der Waals surface area (Å²) in [6.07, 6.45) is 5.44. The molecule has 2 nitrogen and oxygen atoms in total. The maximum atomic E-state index is 5.44. The zero-order chi connectivity index (χ0) is 10.1. The van der Waals surface area contributed by atoms with E-state index in [4.69, 9.17) is 6.42 Å². The van der Waals surface area contributed by atoms with Crippen molar-refractivity contribution in [2.45, 2.75) is 45.3 Å². The van der Waals surface area contributed by atoms with Gasteiger partial charge in [0, 0.05) is 24.7 Å². The van der Waals surface area contributed by atoms with Crippen LogP contribution in [0.4, 0.5) is 0 Å². The van der Waals surface area contributed by atoms with Gasteiger partial charge in [-0.2, -0.15) is 0 Å². The molecule has 1 aliphatic heterocycles. The van der Waals surface area contributed by atoms with E-state index in [0.29, 0.717) is 6.04 Å². The molecule has 0 aromatic heterocycles. The van der Waals surface area contributed by atoms with Crippen LogP contribution in [0.15, 0.2) is 0 Å². The molecule has 1 rings (SSSR count). The Bertz CT molecular complexity index is 215. The highest BCUT2D eigenvalue weighted by Crippen LogP contribution is 2.16. The summed E-state index contributed by atoms with van der Waals surface area (Å²) < 4.78 is 0. The van der Waals surface area contributed by atoms with E-state index in [1.165, 1.54) is 0 Å². The minimum absolute atomic E-state index is 0.192. The van der Waals surface area contributed by atoms with Crippen LogP contribution < -0.4 is 5.32 Å². The molecule has 0 radical (unpaired) electrons. The van der Waals surface area contributed by atoms with Gasteiger partial charge in [0.2, 0.25) is 0 Å². The van der Waals surface area contributed by atoms with Gasteiger partial charge in [0.15, 0.2) is 0 Å². The molecule has 2 atom stereocenters. The van der Waals surface area contributed by atoms with Crippen LogP contribution in [0.2, 0.25) is 0 Å². The Morgan fingerprint density at radius 1 is 1.62 bits per heavy atom. The fraction of sp³-hybridized carbons (Fsp3) is 0.818. The van der Waals surface area contributed by atoms with Gasteiger partial charge in [0.25, 0.3) is 0 Å². The molecule has 0 amide bonds. The van der Waals surface area contributed by atoms with Crippen LogP contribution in [0.5, 0.6) is 0 Å². The number of piperazine rings is 1. The summed E-state index contributed by atoms with van der Waals surface area (Å²) in [6.45, 7) is 10.8. The second-order valence-electron chi connectivity index (χ2n) is 4.63. The first-order chi connectivity index (χ1) is 5.96. The Labute approximate surface area is 81.7 Å². The maximum absolute atomic E-state index is 5.44. The van der Waals surface area contributed by atoms with Crippen LogP contribution in [0.25, 0.3) is 0 Å². The Morgan fingerprint density at radius 3 is 2.77 bits per heavy atom. The monoisotopic (exact) mass is 180 g/mol. The number of rotatable bonds is 1. The van der Waals surface area contributed by atoms with Gasteiger partial charge in [-0.15, -0.1) is 6.42 Å². The van der Waals surface area contributed by atoms with E-state index < -0.39 is 0 Å². The van der Waals surface area contributed by atoms with Crippen molar-refractivity contribution in [3.8, 4) is 12.3 Å². The topological polar surface area (TPSA) is 15.3 Å². The predicted octanol–water partition coefficient (Wildman–Crippen LogP) is 1.08. The Morgan fingerprint density at radius 2 is 2.23 bits per heavy atom. The molecule has 1 fully saturated rings. The van der Waals surface area contributed by atoms with E-state index in [0.717, 1.165) is 13.1 Å². The lowest BCUT2D eigenvalue weighted by atomic mass is 9.98. The van der Waals surface area contributed by atoms with Crippen molar-refractivity contribution >= 4 is 0 Å². The first-order valence-corrected chi connectivity index (χ1v) is 4.93. The molecular formula is C11H20N2. The van der Waals surface area contributed by atoms with Crippen LogP contribution in [0, 0.1) is 12.3 Å². The zero-order valence-corrected chi connectivity index (χ0v) is 9.09. The predicted molar refractivity (Wildman–Crippen MR) is 56.5 cm³/mol. The van der Waals surface area contributed by atoms with E-state index in [2.05, 4.69) is 43.8 Å². The van der Waals surface area contributed by atoms with E-state index in [-0.39, 0.29) is 11.6 Å². The summed E-state index contributed by atoms with van der Waals surface area (Å²) in [5.41, 5.74) is 0.192. The molecule has 0 aromatic carbocycles. The van der Waals surface area contributed by atoms with Crippen LogP contribution >= 0.6 is 0 Å². The summed E-state index contributed by atoms with van der Waals surface area (Å²) in [6, 6.07) is 0.787. The first-order valence-electron chi connectivity index (χ1n) is 4.93. The third kappa shape index (κ3) is 2.46. The molecule has 2 unspecified atom stereocenters. The summed E-state index contributed by atoms with van der Waals surface area (Å²) in [4.78, 5) is 2.39. The number of nitrogens with one attached hydrogen (secondary N) is 1. The third-order valence-corrected chi connectivity index (χ3v) is 2.76. The minimum Gasteiger partial charge on any atom is -0.309 e. The van der Waals surface area contributed by atoms with Gasteiger partial charge >= 0.3 is 0 Å². The Kier molecular flexibility index (Phi) is 3.00. The second kappa shape index (κ2) is 3.69. The Hall–Kier alpha value is -0.520. The molecule has 1 heterocycles. The molecule has 0 saturated carbocycles. The average molecular weight is 180 g/mol. The van der Waals surface area contributed by atoms with E-state index >= 15 is 0 Å². The molecule has 1 saturated heterocycles. The van der Waals surface area contributed by atoms with Gasteiger partial charge in [-0.25, -0.2) is 0 Å². The Balaban J connectivity index is 2.67. The van der Waals surface area contributed by atoms with E-state index in [1.54, 1.807) is 0 Å². The smallest absolute Gasteiger partial charge is 0.0686 e. The molecular weight excluding hydrogens is 160 g/mol. The van der Waals surface area contributed by atoms with Gasteiger partial charge in [0.05, 0.1) is 6.04 Å². The minimum atomic E-state index is 0.192. The number of terminal acetylenes is 1. The largest absolute Gasteiger partial charge is 0.309 e. The van der Waals surface area contributed by atoms with Crippen molar-refractivity contribution in [2.24, 2.45) is 0 Å². The molecule has 0 aromatic rings. The fourth-order valence-corrected chi connectivity index (χ4v) is 1.82. The molecule has 0 aliphatic carbocycles. The third-order valence-electron chi connectivity index (χ3n) is 2.76. The summed E-state index contributed by atoms with van der Waals surface area (Å²) in [5.74, 6) is 2.80. The zero-order valence-electron chi connectivity index (χ0n) is 9.09. The van der Waals surface area contributed by atoms with Crippen LogP contribution in [-0.2, 0) is 0 Å². The van der Waals surface area contributed by atoms with E-state index in [9.17, 15) is 0 Å². The lowest BCUT2D eigenvalue weighted by molar-refractivity contribution is 0.0893. The molecule has 0 spiro atoms. The first kappa shape index (κ1) is 10.6. The van der Waals surface area contributed by atoms with Crippen LogP contribution in [-0.4, -0.2) is 35.6 Å². The van der Waals surface area contributed by atoms with Crippen molar-refractivity contribution in [2.75, 3.05) is 13.1 Å². The quantitative estimate of drug-likeness (QED) is 0.607. The van der Waals surface area contributed by atoms with E-state index in [1.807, 2.05) is 0 Å². The molecule has 13 heavy (non-hydrogen) atoms. The van der Waals surface area contributed by atoms with Gasteiger partial charge in [0.1, 0.15) is 0 Å². The lowest BCUT2D eigenvalue weighted by Gasteiger charge is -2.44. The number of hydrogen-bond donors (Lipinski definition) is 1. The highest BCUT2D eigenvalue weighted by Gasteiger charge is 2.31. The average Bonchev–Trinajstić information content (AvgIpc) is 2.08. The lowest BCUT2D eigenvalue weighted by Crippen LogP contribution is -2.62. The van der Waals surface area contributed by atoms with Gasteiger partial charge in [-0.1, -0.05) is 5.92 Å². The highest BCUT2D eigenvalue weighted by molar-refractivity contribution is 5.02. The van der Waals surface area contributed by atoms with Gasteiger partial charge in [-0.3, -0.25) is 4.90 Å². The summed E-state index contributed by atoms with van der Waals surface area (Å²) in [5, 5.41) is 3.51. The van der Waals surface area contributed by atoms with Crippen molar-refractivity contribution in [3.63, 3.8) is 0 Å². The van der Waals surface area contributed by atoms with Crippen LogP contribution in [0.1, 0.15) is 27.7 Å². The standard InChI is InChI=1S/C11H20N2/c1-6-9(2)13-8-11(4,5)12-7-10(13)3/h1,9-10,12H,7-8H2,2-5H3. The van der Waals surface area contributed by atoms with Crippen LogP contribution in [0.3, 0.4) is 0 Å². The van der Waals surface area contributed by atoms with Crippen molar-refractivity contribution in [1.82, 2.24) is 10.2 Å². The number of nitrogens with zero attached hydrogens (tertiary/aromatic N) is 1. The second-order valence-corrected chi connectivity index (χ2v) is 4.63. The molecule has 0 bridgehead atoms. The number of hydrogen-bond acceptors (Lipinski definition) is 2. The van der Waals surface area contributed by atoms with Gasteiger partial charge in [-0.05, 0) is 27.7 Å². The molecule has 1 aliphatic rings. The van der Waals surface area contributed by atoms with Crippen molar-refractivity contribution in [3.05, 3.63) is 0 Å². The summed E-state index contributed by atoms with van der Waals surface area (Å²) in [7, 11) is 0. The fourth-order valence-electron chi connectivity index (χ4n) is 1.82. The van der Waals surface area contributed by atoms with Gasteiger partial charge < -0.3 is 5.32 Å². The molecule has 74 valence electrons. The van der Waals surface area contributed by atoms with Crippen molar-refractivity contribution < 1.29 is 0 Å². The highest BCUT2D eigenvalue weighted by atomic mass is 15.3. The van der Waals surface area contributed by atoms with Crippen molar-refractivity contribution in [1.29, 1.82) is 0 Å². The normalized spacial score (nSPS) is 30.8. The SMILES string of the molecule is C#CC(C)N1CC(C)(C)NCC1C. The maximum Gasteiger partial charge on any atom is 0.0686 e. The molecule has 2 heteroatoms.